The van der Waals surface area contributed by atoms with Crippen LogP contribution in [0.3, 0.4) is 0 Å². The second-order valence-electron chi connectivity index (χ2n) is 7.68. The molecule has 0 heterocycles. The summed E-state index contributed by atoms with van der Waals surface area (Å²) in [6.45, 7) is 4.79. The van der Waals surface area contributed by atoms with Crippen molar-refractivity contribution in [2.24, 2.45) is 10.4 Å². The third kappa shape index (κ3) is 8.40. The number of ether oxygens (including phenoxy) is 1. The van der Waals surface area contributed by atoms with E-state index in [9.17, 15) is 8.42 Å². The maximum absolute atomic E-state index is 11.5. The van der Waals surface area contributed by atoms with Gasteiger partial charge in [0.25, 0.3) is 0 Å². The lowest BCUT2D eigenvalue weighted by atomic mass is 10.1. The van der Waals surface area contributed by atoms with Crippen LogP contribution in [0, 0.1) is 5.41 Å². The average Bonchev–Trinajstić information content (AvgIpc) is 3.32. The lowest BCUT2D eigenvalue weighted by Crippen LogP contribution is -2.40. The van der Waals surface area contributed by atoms with E-state index >= 15 is 0 Å². The van der Waals surface area contributed by atoms with Gasteiger partial charge in [-0.2, -0.15) is 0 Å². The van der Waals surface area contributed by atoms with Crippen LogP contribution in [0.5, 0.6) is 0 Å². The molecular weight excluding hydrogens is 338 g/mol. The first-order valence-electron chi connectivity index (χ1n) is 9.74. The highest BCUT2D eigenvalue weighted by Crippen LogP contribution is 2.46. The summed E-state index contributed by atoms with van der Waals surface area (Å²) in [6, 6.07) is 0. The minimum absolute atomic E-state index is 0.132. The highest BCUT2D eigenvalue weighted by Gasteiger charge is 2.45. The molecule has 0 bridgehead atoms. The predicted molar refractivity (Wildman–Crippen MR) is 103 cm³/mol. The summed E-state index contributed by atoms with van der Waals surface area (Å²) in [6.07, 6.45) is 11.2. The summed E-state index contributed by atoms with van der Waals surface area (Å²) >= 11 is 0. The molecule has 2 rings (SSSR count). The van der Waals surface area contributed by atoms with E-state index in [1.165, 1.54) is 44.8 Å². The Bertz CT molecular complexity index is 522. The second-order valence-corrected chi connectivity index (χ2v) is 9.82. The molecule has 2 aliphatic carbocycles. The van der Waals surface area contributed by atoms with Gasteiger partial charge < -0.3 is 15.4 Å². The molecule has 0 unspecified atom stereocenters. The molecule has 0 spiro atoms. The van der Waals surface area contributed by atoms with Crippen LogP contribution in [-0.4, -0.2) is 58.7 Å². The Balaban J connectivity index is 1.72. The molecule has 146 valence electrons. The molecule has 6 nitrogen and oxygen atoms in total. The van der Waals surface area contributed by atoms with Gasteiger partial charge in [-0.25, -0.2) is 8.42 Å². The first-order chi connectivity index (χ1) is 11.9. The molecule has 0 aromatic carbocycles. The van der Waals surface area contributed by atoms with Gasteiger partial charge in [0, 0.05) is 31.3 Å². The number of guanidine groups is 1. The summed E-state index contributed by atoms with van der Waals surface area (Å²) in [7, 11) is -2.95. The first kappa shape index (κ1) is 20.5. The lowest BCUT2D eigenvalue weighted by Gasteiger charge is -2.17. The third-order valence-corrected chi connectivity index (χ3v) is 6.13. The van der Waals surface area contributed by atoms with E-state index < -0.39 is 9.84 Å². The molecule has 0 atom stereocenters. The molecule has 0 radical (unpaired) electrons. The van der Waals surface area contributed by atoms with Gasteiger partial charge in [0.05, 0.1) is 18.5 Å². The largest absolute Gasteiger partial charge is 0.376 e. The highest BCUT2D eigenvalue weighted by molar-refractivity contribution is 7.90. The Kier molecular flexibility index (Phi) is 8.00. The smallest absolute Gasteiger partial charge is 0.191 e. The summed E-state index contributed by atoms with van der Waals surface area (Å²) in [5.74, 6) is 1.000. The molecule has 2 fully saturated rings. The van der Waals surface area contributed by atoms with E-state index in [4.69, 9.17) is 4.74 Å². The van der Waals surface area contributed by atoms with E-state index in [2.05, 4.69) is 15.6 Å². The summed E-state index contributed by atoms with van der Waals surface area (Å²) in [5.41, 5.74) is -0.132. The Morgan fingerprint density at radius 3 is 2.40 bits per heavy atom. The zero-order valence-corrected chi connectivity index (χ0v) is 16.7. The molecule has 2 aliphatic rings. The number of nitrogens with zero attached hydrogens (tertiary/aromatic N) is 1. The van der Waals surface area contributed by atoms with Crippen molar-refractivity contribution in [1.29, 1.82) is 0 Å². The SMILES string of the molecule is CCNC(=NCC1(CS(C)(=O)=O)CC1)NCCOC1CCCCCC1. The van der Waals surface area contributed by atoms with Gasteiger partial charge in [-0.3, -0.25) is 4.99 Å². The van der Waals surface area contributed by atoms with Crippen LogP contribution in [0.2, 0.25) is 0 Å². The molecule has 25 heavy (non-hydrogen) atoms. The number of sulfone groups is 1. The van der Waals surface area contributed by atoms with Crippen LogP contribution in [0.25, 0.3) is 0 Å². The quantitative estimate of drug-likeness (QED) is 0.280. The molecule has 2 N–H and O–H groups in total. The van der Waals surface area contributed by atoms with Crippen molar-refractivity contribution >= 4 is 15.8 Å². The number of aliphatic imine (C=N–C) groups is 1. The van der Waals surface area contributed by atoms with Crippen LogP contribution >= 0.6 is 0 Å². The van der Waals surface area contributed by atoms with Crippen molar-refractivity contribution in [1.82, 2.24) is 10.6 Å². The molecule has 0 aromatic rings. The standard InChI is InChI=1S/C18H35N3O3S/c1-3-19-17(21-14-18(10-11-18)15-25(2,22)23)20-12-13-24-16-8-6-4-5-7-9-16/h16H,3-15H2,1-2H3,(H2,19,20,21). The Morgan fingerprint density at radius 1 is 1.16 bits per heavy atom. The summed E-state index contributed by atoms with van der Waals surface area (Å²) < 4.78 is 29.1. The highest BCUT2D eigenvalue weighted by atomic mass is 32.2. The fourth-order valence-electron chi connectivity index (χ4n) is 3.47. The average molecular weight is 374 g/mol. The van der Waals surface area contributed by atoms with Crippen molar-refractivity contribution in [3.63, 3.8) is 0 Å². The van der Waals surface area contributed by atoms with Crippen LogP contribution in [0.1, 0.15) is 58.3 Å². The van der Waals surface area contributed by atoms with Crippen LogP contribution in [-0.2, 0) is 14.6 Å². The Morgan fingerprint density at radius 2 is 1.84 bits per heavy atom. The molecule has 7 heteroatoms. The number of hydrogen-bond acceptors (Lipinski definition) is 4. The van der Waals surface area contributed by atoms with Crippen molar-refractivity contribution in [2.45, 2.75) is 64.4 Å². The topological polar surface area (TPSA) is 79.8 Å². The van der Waals surface area contributed by atoms with Crippen molar-refractivity contribution in [3.8, 4) is 0 Å². The monoisotopic (exact) mass is 373 g/mol. The number of hydrogen-bond donors (Lipinski definition) is 2. The van der Waals surface area contributed by atoms with Crippen molar-refractivity contribution in [2.75, 3.05) is 38.2 Å². The minimum Gasteiger partial charge on any atom is -0.376 e. The van der Waals surface area contributed by atoms with E-state index in [1.54, 1.807) is 0 Å². The summed E-state index contributed by atoms with van der Waals surface area (Å²) in [5, 5.41) is 6.53. The predicted octanol–water partition coefficient (Wildman–Crippen LogP) is 2.11. The van der Waals surface area contributed by atoms with E-state index in [-0.39, 0.29) is 11.2 Å². The molecule has 0 aliphatic heterocycles. The molecular formula is C18H35N3O3S. The van der Waals surface area contributed by atoms with E-state index in [0.29, 0.717) is 19.3 Å². The maximum Gasteiger partial charge on any atom is 0.191 e. The van der Waals surface area contributed by atoms with Gasteiger partial charge in [0.1, 0.15) is 9.84 Å². The molecule has 0 saturated heterocycles. The van der Waals surface area contributed by atoms with Gasteiger partial charge in [-0.1, -0.05) is 25.7 Å². The normalized spacial score (nSPS) is 21.6. The van der Waals surface area contributed by atoms with Crippen LogP contribution in [0.15, 0.2) is 4.99 Å². The molecule has 0 amide bonds. The van der Waals surface area contributed by atoms with Gasteiger partial charge in [0.2, 0.25) is 0 Å². The fourth-order valence-corrected chi connectivity index (χ4v) is 4.97. The maximum atomic E-state index is 11.5. The zero-order chi connectivity index (χ0) is 18.2. The molecule has 2 saturated carbocycles. The second kappa shape index (κ2) is 9.76. The Hall–Kier alpha value is -0.820. The van der Waals surface area contributed by atoms with Crippen molar-refractivity contribution < 1.29 is 13.2 Å². The summed E-state index contributed by atoms with van der Waals surface area (Å²) in [4.78, 5) is 4.61. The Labute approximate surface area is 153 Å². The zero-order valence-electron chi connectivity index (χ0n) is 15.8. The fraction of sp³-hybridized carbons (Fsp3) is 0.944. The van der Waals surface area contributed by atoms with Gasteiger partial charge in [-0.15, -0.1) is 0 Å². The lowest BCUT2D eigenvalue weighted by molar-refractivity contribution is 0.0468. The molecule has 0 aromatic heterocycles. The third-order valence-electron chi connectivity index (χ3n) is 4.99. The van der Waals surface area contributed by atoms with E-state index in [0.717, 1.165) is 31.9 Å². The number of rotatable bonds is 9. The van der Waals surface area contributed by atoms with Gasteiger partial charge in [-0.05, 0) is 32.6 Å². The van der Waals surface area contributed by atoms with Crippen LogP contribution < -0.4 is 10.6 Å². The van der Waals surface area contributed by atoms with Crippen LogP contribution in [0.4, 0.5) is 0 Å². The van der Waals surface area contributed by atoms with Crippen molar-refractivity contribution in [3.05, 3.63) is 0 Å². The minimum atomic E-state index is -2.95. The first-order valence-corrected chi connectivity index (χ1v) is 11.8. The van der Waals surface area contributed by atoms with Gasteiger partial charge in [0.15, 0.2) is 5.96 Å². The number of nitrogens with one attached hydrogen (secondary N) is 2. The van der Waals surface area contributed by atoms with E-state index in [1.807, 2.05) is 6.92 Å². The van der Waals surface area contributed by atoms with Gasteiger partial charge >= 0.3 is 0 Å².